The van der Waals surface area contributed by atoms with Crippen LogP contribution in [0.5, 0.6) is 0 Å². The van der Waals surface area contributed by atoms with E-state index < -0.39 is 6.10 Å². The summed E-state index contributed by atoms with van der Waals surface area (Å²) in [5.74, 6) is 0. The highest BCUT2D eigenvalue weighted by Crippen LogP contribution is 2.26. The minimum absolute atomic E-state index is 0.479. The summed E-state index contributed by atoms with van der Waals surface area (Å²) in [6, 6.07) is 10.0. The van der Waals surface area contributed by atoms with Gasteiger partial charge in [0.15, 0.2) is 0 Å². The Kier molecular flexibility index (Phi) is 3.19. The highest BCUT2D eigenvalue weighted by Gasteiger charge is 2.13. The highest BCUT2D eigenvalue weighted by atomic mass is 32.1. The van der Waals surface area contributed by atoms with Crippen LogP contribution in [-0.2, 0) is 6.42 Å². The van der Waals surface area contributed by atoms with Crippen molar-refractivity contribution in [3.63, 3.8) is 0 Å². The van der Waals surface area contributed by atoms with Crippen molar-refractivity contribution in [1.82, 2.24) is 0 Å². The van der Waals surface area contributed by atoms with Gasteiger partial charge in [-0.3, -0.25) is 0 Å². The molecular formula is C13H14OS. The molecule has 15 heavy (non-hydrogen) atoms. The van der Waals surface area contributed by atoms with Crippen LogP contribution in [0.1, 0.15) is 29.7 Å². The fourth-order valence-electron chi connectivity index (χ4n) is 1.73. The topological polar surface area (TPSA) is 20.2 Å². The van der Waals surface area contributed by atoms with E-state index in [1.165, 1.54) is 5.56 Å². The van der Waals surface area contributed by atoms with E-state index in [-0.39, 0.29) is 0 Å². The van der Waals surface area contributed by atoms with Crippen LogP contribution in [0.3, 0.4) is 0 Å². The van der Waals surface area contributed by atoms with Crippen LogP contribution >= 0.6 is 11.3 Å². The van der Waals surface area contributed by atoms with Crippen LogP contribution in [0.25, 0.3) is 0 Å². The monoisotopic (exact) mass is 218 g/mol. The van der Waals surface area contributed by atoms with Crippen molar-refractivity contribution in [2.75, 3.05) is 0 Å². The Morgan fingerprint density at radius 1 is 1.27 bits per heavy atom. The predicted molar refractivity (Wildman–Crippen MR) is 64.2 cm³/mol. The number of thiophene rings is 1. The first-order valence-corrected chi connectivity index (χ1v) is 6.05. The van der Waals surface area contributed by atoms with Crippen LogP contribution in [0.15, 0.2) is 41.1 Å². The Bertz CT molecular complexity index is 420. The summed E-state index contributed by atoms with van der Waals surface area (Å²) in [6.07, 6.45) is 0.476. The lowest BCUT2D eigenvalue weighted by molar-refractivity contribution is 0.220. The summed E-state index contributed by atoms with van der Waals surface area (Å²) < 4.78 is 0. The minimum Gasteiger partial charge on any atom is -0.384 e. The van der Waals surface area contributed by atoms with Crippen LogP contribution in [0.4, 0.5) is 0 Å². The summed E-state index contributed by atoms with van der Waals surface area (Å²) in [5, 5.41) is 14.2. The number of aliphatic hydroxyl groups excluding tert-OH is 1. The third-order valence-electron chi connectivity index (χ3n) is 2.59. The van der Waals surface area contributed by atoms with Gasteiger partial charge < -0.3 is 5.11 Å². The zero-order valence-electron chi connectivity index (χ0n) is 8.68. The molecule has 0 radical (unpaired) electrons. The van der Waals surface area contributed by atoms with Gasteiger partial charge in [-0.25, -0.2) is 0 Å². The summed E-state index contributed by atoms with van der Waals surface area (Å²) >= 11 is 1.62. The van der Waals surface area contributed by atoms with Crippen LogP contribution in [0.2, 0.25) is 0 Å². The molecule has 0 bridgehead atoms. The fraction of sp³-hybridized carbons (Fsp3) is 0.231. The van der Waals surface area contributed by atoms with Crippen molar-refractivity contribution in [3.8, 4) is 0 Å². The van der Waals surface area contributed by atoms with Gasteiger partial charge in [0.25, 0.3) is 0 Å². The molecule has 2 aromatic rings. The van der Waals surface area contributed by atoms with Gasteiger partial charge in [0.05, 0.1) is 0 Å². The molecule has 2 heteroatoms. The molecule has 0 spiro atoms. The summed E-state index contributed by atoms with van der Waals surface area (Å²) in [4.78, 5) is 0. The number of benzene rings is 1. The van der Waals surface area contributed by atoms with Crippen molar-refractivity contribution in [1.29, 1.82) is 0 Å². The normalized spacial score (nSPS) is 12.7. The second kappa shape index (κ2) is 4.60. The average molecular weight is 218 g/mol. The zero-order valence-corrected chi connectivity index (χ0v) is 9.50. The Labute approximate surface area is 94.0 Å². The number of rotatable bonds is 3. The molecule has 0 amide bonds. The van der Waals surface area contributed by atoms with E-state index in [1.54, 1.807) is 11.3 Å². The largest absolute Gasteiger partial charge is 0.384 e. The van der Waals surface area contributed by atoms with Crippen LogP contribution < -0.4 is 0 Å². The molecule has 1 unspecified atom stereocenters. The van der Waals surface area contributed by atoms with E-state index in [1.807, 2.05) is 35.0 Å². The highest BCUT2D eigenvalue weighted by molar-refractivity contribution is 7.07. The molecule has 0 saturated carbocycles. The molecule has 1 heterocycles. The van der Waals surface area contributed by atoms with E-state index in [0.717, 1.165) is 17.5 Å². The number of hydrogen-bond donors (Lipinski definition) is 1. The van der Waals surface area contributed by atoms with Gasteiger partial charge in [0, 0.05) is 0 Å². The molecule has 0 saturated heterocycles. The predicted octanol–water partition coefficient (Wildman–Crippen LogP) is 3.39. The van der Waals surface area contributed by atoms with Gasteiger partial charge in [-0.05, 0) is 39.9 Å². The fourth-order valence-corrected chi connectivity index (χ4v) is 2.41. The summed E-state index contributed by atoms with van der Waals surface area (Å²) in [6.45, 7) is 2.11. The molecule has 78 valence electrons. The van der Waals surface area contributed by atoms with Crippen LogP contribution in [0, 0.1) is 0 Å². The Morgan fingerprint density at radius 3 is 2.73 bits per heavy atom. The minimum atomic E-state index is -0.479. The molecule has 0 aliphatic carbocycles. The maximum atomic E-state index is 10.2. The Hall–Kier alpha value is -1.12. The molecule has 0 aliphatic heterocycles. The smallest absolute Gasteiger partial charge is 0.105 e. The standard InChI is InChI=1S/C13H14OS/c1-2-10-5-3-4-6-12(10)13(14)11-7-8-15-9-11/h3-9,13-14H,2H2,1H3. The van der Waals surface area contributed by atoms with Crippen LogP contribution in [-0.4, -0.2) is 5.11 Å². The van der Waals surface area contributed by atoms with E-state index >= 15 is 0 Å². The van der Waals surface area contributed by atoms with Gasteiger partial charge in [0.1, 0.15) is 6.10 Å². The second-order valence-corrected chi connectivity index (χ2v) is 4.29. The Balaban J connectivity index is 2.37. The first-order valence-electron chi connectivity index (χ1n) is 5.11. The first-order chi connectivity index (χ1) is 7.33. The first kappa shape index (κ1) is 10.4. The molecule has 1 aromatic carbocycles. The van der Waals surface area contributed by atoms with E-state index in [0.29, 0.717) is 0 Å². The van der Waals surface area contributed by atoms with Crippen molar-refractivity contribution in [3.05, 3.63) is 57.8 Å². The lowest BCUT2D eigenvalue weighted by Crippen LogP contribution is -2.01. The summed E-state index contributed by atoms with van der Waals surface area (Å²) in [7, 11) is 0. The molecule has 2 rings (SSSR count). The molecule has 1 atom stereocenters. The average Bonchev–Trinajstić information content (AvgIpc) is 2.81. The third-order valence-corrected chi connectivity index (χ3v) is 3.29. The molecular weight excluding hydrogens is 204 g/mol. The molecule has 0 fully saturated rings. The lowest BCUT2D eigenvalue weighted by Gasteiger charge is -2.13. The van der Waals surface area contributed by atoms with E-state index in [2.05, 4.69) is 13.0 Å². The Morgan fingerprint density at radius 2 is 2.07 bits per heavy atom. The van der Waals surface area contributed by atoms with Crippen molar-refractivity contribution in [2.24, 2.45) is 0 Å². The van der Waals surface area contributed by atoms with Gasteiger partial charge >= 0.3 is 0 Å². The summed E-state index contributed by atoms with van der Waals surface area (Å²) in [5.41, 5.74) is 3.23. The number of aryl methyl sites for hydroxylation is 1. The maximum absolute atomic E-state index is 10.2. The molecule has 1 aromatic heterocycles. The maximum Gasteiger partial charge on any atom is 0.105 e. The lowest BCUT2D eigenvalue weighted by atomic mass is 9.97. The molecule has 1 nitrogen and oxygen atoms in total. The van der Waals surface area contributed by atoms with Crippen molar-refractivity contribution < 1.29 is 5.11 Å². The van der Waals surface area contributed by atoms with Crippen molar-refractivity contribution in [2.45, 2.75) is 19.4 Å². The number of hydrogen-bond acceptors (Lipinski definition) is 2. The molecule has 0 aliphatic rings. The third kappa shape index (κ3) is 2.11. The second-order valence-electron chi connectivity index (χ2n) is 3.51. The van der Waals surface area contributed by atoms with Gasteiger partial charge in [-0.15, -0.1) is 0 Å². The quantitative estimate of drug-likeness (QED) is 0.837. The number of aliphatic hydroxyl groups is 1. The van der Waals surface area contributed by atoms with Crippen molar-refractivity contribution >= 4 is 11.3 Å². The van der Waals surface area contributed by atoms with E-state index in [4.69, 9.17) is 0 Å². The van der Waals surface area contributed by atoms with Gasteiger partial charge in [0.2, 0.25) is 0 Å². The molecule has 1 N–H and O–H groups in total. The van der Waals surface area contributed by atoms with E-state index in [9.17, 15) is 5.11 Å². The van der Waals surface area contributed by atoms with Gasteiger partial charge in [-0.2, -0.15) is 11.3 Å². The SMILES string of the molecule is CCc1ccccc1C(O)c1ccsc1. The van der Waals surface area contributed by atoms with Gasteiger partial charge in [-0.1, -0.05) is 31.2 Å². The zero-order chi connectivity index (χ0) is 10.7.